The lowest BCUT2D eigenvalue weighted by molar-refractivity contribution is -0.384. The van der Waals surface area contributed by atoms with Crippen LogP contribution in [0.15, 0.2) is 70.7 Å². The number of anilines is 2. The molecule has 3 aromatic carbocycles. The first-order valence-electron chi connectivity index (χ1n) is 9.09. The molecule has 0 bridgehead atoms. The van der Waals surface area contributed by atoms with Crippen molar-refractivity contribution in [3.63, 3.8) is 0 Å². The van der Waals surface area contributed by atoms with E-state index in [1.807, 2.05) is 13.0 Å². The maximum atomic E-state index is 13.6. The van der Waals surface area contributed by atoms with Crippen LogP contribution in [0.5, 0.6) is 0 Å². The summed E-state index contributed by atoms with van der Waals surface area (Å²) in [6, 6.07) is 14.5. The number of nitrogens with one attached hydrogen (secondary N) is 2. The molecule has 0 heterocycles. The number of benzene rings is 3. The Labute approximate surface area is 178 Å². The van der Waals surface area contributed by atoms with Gasteiger partial charge < -0.3 is 0 Å². The van der Waals surface area contributed by atoms with E-state index < -0.39 is 26.5 Å². The van der Waals surface area contributed by atoms with E-state index in [1.165, 1.54) is 36.5 Å². The lowest BCUT2D eigenvalue weighted by Gasteiger charge is -2.12. The van der Waals surface area contributed by atoms with E-state index in [4.69, 9.17) is 0 Å². The number of hydrogen-bond acceptors (Lipinski definition) is 6. The zero-order valence-corrected chi connectivity index (χ0v) is 17.5. The van der Waals surface area contributed by atoms with Gasteiger partial charge in [-0.05, 0) is 43.7 Å². The summed E-state index contributed by atoms with van der Waals surface area (Å²) in [7, 11) is -4.06. The molecule has 0 aliphatic rings. The Bertz CT molecular complexity index is 1280. The second kappa shape index (κ2) is 8.92. The number of hydrogen-bond donors (Lipinski definition) is 2. The van der Waals surface area contributed by atoms with Crippen molar-refractivity contribution in [3.8, 4) is 0 Å². The average Bonchev–Trinajstić information content (AvgIpc) is 2.71. The number of nitro groups is 1. The molecule has 3 aromatic rings. The summed E-state index contributed by atoms with van der Waals surface area (Å²) in [6.07, 6.45) is 1.17. The number of hydrazone groups is 1. The summed E-state index contributed by atoms with van der Waals surface area (Å²) >= 11 is 0. The van der Waals surface area contributed by atoms with Crippen LogP contribution in [0.1, 0.15) is 16.7 Å². The van der Waals surface area contributed by atoms with E-state index >= 15 is 0 Å². The Hall–Kier alpha value is -3.79. The molecule has 10 heteroatoms. The van der Waals surface area contributed by atoms with Crippen LogP contribution in [0.2, 0.25) is 0 Å². The molecule has 3 rings (SSSR count). The van der Waals surface area contributed by atoms with Crippen molar-refractivity contribution < 1.29 is 17.7 Å². The highest BCUT2D eigenvalue weighted by Crippen LogP contribution is 2.29. The molecule has 0 fully saturated rings. The molecule has 0 atom stereocenters. The van der Waals surface area contributed by atoms with Gasteiger partial charge in [0.05, 0.1) is 21.7 Å². The second-order valence-electron chi connectivity index (χ2n) is 6.75. The molecule has 2 N–H and O–H groups in total. The zero-order valence-electron chi connectivity index (χ0n) is 16.7. The predicted octanol–water partition coefficient (Wildman–Crippen LogP) is 4.60. The van der Waals surface area contributed by atoms with Gasteiger partial charge in [-0.2, -0.15) is 5.10 Å². The average molecular weight is 442 g/mol. The summed E-state index contributed by atoms with van der Waals surface area (Å²) in [6.45, 7) is 3.64. The third kappa shape index (κ3) is 5.23. The number of nitrogens with zero attached hydrogens (tertiary/aromatic N) is 2. The minimum Gasteiger partial charge on any atom is -0.279 e. The largest absolute Gasteiger partial charge is 0.295 e. The Balaban J connectivity index is 1.87. The van der Waals surface area contributed by atoms with Gasteiger partial charge in [-0.3, -0.25) is 20.3 Å². The van der Waals surface area contributed by atoms with Gasteiger partial charge >= 0.3 is 0 Å². The molecular formula is C21H19FN4O4S. The maximum Gasteiger partial charge on any atom is 0.295 e. The number of halogens is 1. The molecule has 0 saturated carbocycles. The number of aryl methyl sites for hydroxylation is 2. The topological polar surface area (TPSA) is 114 Å². The number of sulfonamides is 1. The van der Waals surface area contributed by atoms with Crippen LogP contribution in [0, 0.1) is 29.8 Å². The lowest BCUT2D eigenvalue weighted by atomic mass is 10.1. The van der Waals surface area contributed by atoms with E-state index in [0.29, 0.717) is 5.69 Å². The van der Waals surface area contributed by atoms with Crippen LogP contribution in [0.4, 0.5) is 21.5 Å². The van der Waals surface area contributed by atoms with Gasteiger partial charge in [-0.25, -0.2) is 12.8 Å². The molecule has 0 aromatic heterocycles. The van der Waals surface area contributed by atoms with Crippen molar-refractivity contribution in [2.24, 2.45) is 5.10 Å². The minimum absolute atomic E-state index is 0.0388. The molecule has 160 valence electrons. The third-order valence-electron chi connectivity index (χ3n) is 4.40. The first-order valence-corrected chi connectivity index (χ1v) is 10.6. The van der Waals surface area contributed by atoms with Crippen LogP contribution >= 0.6 is 0 Å². The van der Waals surface area contributed by atoms with E-state index in [0.717, 1.165) is 17.2 Å². The van der Waals surface area contributed by atoms with E-state index in [1.54, 1.807) is 25.1 Å². The SMILES string of the molecule is Cc1ccc(NS(=O)(=O)c2ccc(N/N=C\c3ccccc3F)c([N+](=O)[O-])c2)c(C)c1. The minimum atomic E-state index is -4.06. The summed E-state index contributed by atoms with van der Waals surface area (Å²) in [5, 5.41) is 15.3. The summed E-state index contributed by atoms with van der Waals surface area (Å²) in [5.41, 5.74) is 4.19. The van der Waals surface area contributed by atoms with Crippen LogP contribution in [0.25, 0.3) is 0 Å². The first kappa shape index (κ1) is 21.9. The van der Waals surface area contributed by atoms with Crippen molar-refractivity contribution in [2.45, 2.75) is 18.7 Å². The highest BCUT2D eigenvalue weighted by atomic mass is 32.2. The third-order valence-corrected chi connectivity index (χ3v) is 5.76. The van der Waals surface area contributed by atoms with E-state index in [-0.39, 0.29) is 16.1 Å². The molecule has 0 radical (unpaired) electrons. The quantitative estimate of drug-likeness (QED) is 0.315. The molecule has 0 unspecified atom stereocenters. The summed E-state index contributed by atoms with van der Waals surface area (Å²) < 4.78 is 41.6. The standard InChI is InChI=1S/C21H19FN4O4S/c1-14-7-9-19(15(2)11-14)25-31(29,30)17-8-10-20(21(12-17)26(27)28)24-23-13-16-5-3-4-6-18(16)22/h3-13,24-25H,1-2H3/b23-13-. The molecule has 0 aliphatic carbocycles. The fraction of sp³-hybridized carbons (Fsp3) is 0.0952. The highest BCUT2D eigenvalue weighted by Gasteiger charge is 2.22. The molecule has 8 nitrogen and oxygen atoms in total. The Morgan fingerprint density at radius 3 is 2.42 bits per heavy atom. The van der Waals surface area contributed by atoms with Gasteiger partial charge in [0.2, 0.25) is 0 Å². The lowest BCUT2D eigenvalue weighted by Crippen LogP contribution is -2.14. The van der Waals surface area contributed by atoms with Gasteiger partial charge in [0.15, 0.2) is 0 Å². The monoisotopic (exact) mass is 442 g/mol. The second-order valence-corrected chi connectivity index (χ2v) is 8.43. The first-order chi connectivity index (χ1) is 14.7. The van der Waals surface area contributed by atoms with E-state index in [9.17, 15) is 22.9 Å². The fourth-order valence-corrected chi connectivity index (χ4v) is 3.96. The molecular weight excluding hydrogens is 423 g/mol. The van der Waals surface area contributed by atoms with E-state index in [2.05, 4.69) is 15.2 Å². The smallest absolute Gasteiger partial charge is 0.279 e. The molecule has 0 amide bonds. The van der Waals surface area contributed by atoms with Crippen LogP contribution in [-0.2, 0) is 10.0 Å². The van der Waals surface area contributed by atoms with Gasteiger partial charge in [0.25, 0.3) is 15.7 Å². The van der Waals surface area contributed by atoms with Crippen molar-refractivity contribution in [1.29, 1.82) is 0 Å². The molecule has 0 spiro atoms. The van der Waals surface area contributed by atoms with Gasteiger partial charge in [-0.1, -0.05) is 35.9 Å². The van der Waals surface area contributed by atoms with Crippen molar-refractivity contribution in [1.82, 2.24) is 0 Å². The Morgan fingerprint density at radius 2 is 1.74 bits per heavy atom. The van der Waals surface area contributed by atoms with Gasteiger partial charge in [0.1, 0.15) is 11.5 Å². The fourth-order valence-electron chi connectivity index (χ4n) is 2.81. The normalized spacial score (nSPS) is 11.5. The molecule has 0 aliphatic heterocycles. The van der Waals surface area contributed by atoms with Gasteiger partial charge in [-0.15, -0.1) is 0 Å². The Morgan fingerprint density at radius 1 is 1.03 bits per heavy atom. The number of rotatable bonds is 7. The van der Waals surface area contributed by atoms with Crippen LogP contribution in [0.3, 0.4) is 0 Å². The van der Waals surface area contributed by atoms with Gasteiger partial charge in [0, 0.05) is 11.6 Å². The van der Waals surface area contributed by atoms with Crippen molar-refractivity contribution >= 4 is 33.3 Å². The maximum absolute atomic E-state index is 13.6. The molecule has 0 saturated heterocycles. The predicted molar refractivity (Wildman–Crippen MR) is 117 cm³/mol. The van der Waals surface area contributed by atoms with Crippen molar-refractivity contribution in [3.05, 3.63) is 93.3 Å². The Kier molecular flexibility index (Phi) is 6.30. The van der Waals surface area contributed by atoms with Crippen LogP contribution < -0.4 is 10.1 Å². The zero-order chi connectivity index (χ0) is 22.6. The summed E-state index contributed by atoms with van der Waals surface area (Å²) in [5.74, 6) is -0.499. The van der Waals surface area contributed by atoms with Crippen LogP contribution in [-0.4, -0.2) is 19.6 Å². The van der Waals surface area contributed by atoms with Crippen molar-refractivity contribution in [2.75, 3.05) is 10.1 Å². The number of nitro benzene ring substituents is 1. The highest BCUT2D eigenvalue weighted by molar-refractivity contribution is 7.92. The molecule has 31 heavy (non-hydrogen) atoms. The summed E-state index contributed by atoms with van der Waals surface area (Å²) in [4.78, 5) is 10.5.